The van der Waals surface area contributed by atoms with Crippen molar-refractivity contribution in [2.75, 3.05) is 0 Å². The van der Waals surface area contributed by atoms with Crippen molar-refractivity contribution >= 4 is 0 Å². The molecule has 0 nitrogen and oxygen atoms in total. The molecule has 0 heterocycles. The van der Waals surface area contributed by atoms with Gasteiger partial charge in [-0.25, -0.2) is 12.2 Å². The van der Waals surface area contributed by atoms with Gasteiger partial charge in [0.05, 0.1) is 0 Å². The van der Waals surface area contributed by atoms with E-state index >= 15 is 0 Å². The summed E-state index contributed by atoms with van der Waals surface area (Å²) in [7, 11) is 0. The van der Waals surface area contributed by atoms with Crippen LogP contribution in [-0.4, -0.2) is 0 Å². The second-order valence-corrected chi connectivity index (χ2v) is 1.00. The van der Waals surface area contributed by atoms with Gasteiger partial charge in [-0.1, -0.05) is 0 Å². The fraction of sp³-hybridized carbons (Fsp3) is 0.100. The number of allylic oxidation sites excluding steroid dienone is 4. The molecule has 0 radical (unpaired) electrons. The molecule has 0 amide bonds. The van der Waals surface area contributed by atoms with Crippen molar-refractivity contribution in [3.63, 3.8) is 0 Å². The van der Waals surface area contributed by atoms with Gasteiger partial charge in [-0.05, 0) is 0 Å². The van der Waals surface area contributed by atoms with E-state index in [1.54, 1.807) is 0 Å². The average Bonchev–Trinajstić information content (AvgIpc) is 1.76. The minimum Gasteiger partial charge on any atom is -0.358 e. The molecule has 68 valence electrons. The standard InChI is InChI=1S/C5H5.5CH3.Os/c1-2-4-5-3-1;;;;;;/h1-3H,4H2;5*1H3;/q6*-1;+6. The van der Waals surface area contributed by atoms with Crippen LogP contribution in [0.4, 0.5) is 0 Å². The monoisotopic (exact) mass is 332 g/mol. The van der Waals surface area contributed by atoms with Gasteiger partial charge in [0.15, 0.2) is 0 Å². The Labute approximate surface area is 87.8 Å². The van der Waals surface area contributed by atoms with Gasteiger partial charge in [-0.2, -0.15) is 6.08 Å². The van der Waals surface area contributed by atoms with Crippen LogP contribution < -0.4 is 0 Å². The SMILES string of the molecule is [C-]1=CC=CC1.[CH3-].[CH3-].[CH3-].[CH3-].[CH3-].[Os+6]. The second kappa shape index (κ2) is 32.1. The van der Waals surface area contributed by atoms with Gasteiger partial charge < -0.3 is 37.1 Å². The summed E-state index contributed by atoms with van der Waals surface area (Å²) >= 11 is 0. The largest absolute Gasteiger partial charge is 6.00 e. The van der Waals surface area contributed by atoms with Gasteiger partial charge in [0.2, 0.25) is 0 Å². The maximum atomic E-state index is 2.99. The van der Waals surface area contributed by atoms with Crippen LogP contribution in [0.1, 0.15) is 6.42 Å². The molecule has 0 fully saturated rings. The van der Waals surface area contributed by atoms with Gasteiger partial charge >= 0.3 is 19.8 Å². The van der Waals surface area contributed by atoms with E-state index < -0.39 is 0 Å². The third-order valence-electron chi connectivity index (χ3n) is 0.586. The summed E-state index contributed by atoms with van der Waals surface area (Å²) in [5.74, 6) is 0. The van der Waals surface area contributed by atoms with Gasteiger partial charge in [-0.3, -0.25) is 6.08 Å². The Kier molecular flexibility index (Phi) is 127. The van der Waals surface area contributed by atoms with E-state index in [0.717, 1.165) is 6.42 Å². The summed E-state index contributed by atoms with van der Waals surface area (Å²) in [5.41, 5.74) is 0. The zero-order valence-corrected chi connectivity index (χ0v) is 10.8. The molecule has 0 saturated heterocycles. The van der Waals surface area contributed by atoms with Crippen molar-refractivity contribution in [1.29, 1.82) is 0 Å². The normalized spacial score (nSPS) is 8.00. The minimum absolute atomic E-state index is 0. The first kappa shape index (κ1) is 43.5. The summed E-state index contributed by atoms with van der Waals surface area (Å²) < 4.78 is 0. The molecule has 0 bridgehead atoms. The Balaban J connectivity index is -0.0000000104. The van der Waals surface area contributed by atoms with Crippen LogP contribution in [0.15, 0.2) is 18.2 Å². The summed E-state index contributed by atoms with van der Waals surface area (Å²) in [6.07, 6.45) is 10.0. The average molecular weight is 330 g/mol. The van der Waals surface area contributed by atoms with E-state index in [9.17, 15) is 0 Å². The molecule has 11 heavy (non-hydrogen) atoms. The van der Waals surface area contributed by atoms with E-state index in [-0.39, 0.29) is 56.9 Å². The molecule has 0 N–H and O–H groups in total. The van der Waals surface area contributed by atoms with Crippen LogP contribution in [0.5, 0.6) is 0 Å². The number of hydrogen-bond donors (Lipinski definition) is 0. The molecule has 0 aromatic heterocycles. The Morgan fingerprint density at radius 3 is 1.45 bits per heavy atom. The van der Waals surface area contributed by atoms with Crippen molar-refractivity contribution in [3.05, 3.63) is 61.4 Å². The molecule has 0 atom stereocenters. The Hall–Kier alpha value is 0.116. The minimum atomic E-state index is 0. The summed E-state index contributed by atoms with van der Waals surface area (Å²) in [5, 5.41) is 0. The number of rotatable bonds is 0. The Bertz CT molecular complexity index is 62.9. The van der Waals surface area contributed by atoms with Crippen LogP contribution in [0.2, 0.25) is 0 Å². The van der Waals surface area contributed by atoms with E-state index in [2.05, 4.69) is 12.2 Å². The molecule has 0 aromatic rings. The molecular weight excluding hydrogens is 310 g/mol. The van der Waals surface area contributed by atoms with Crippen LogP contribution in [-0.2, 0) is 19.8 Å². The van der Waals surface area contributed by atoms with E-state index in [1.165, 1.54) is 0 Å². The predicted molar refractivity (Wildman–Crippen MR) is 53.6 cm³/mol. The Morgan fingerprint density at radius 1 is 0.909 bits per heavy atom. The van der Waals surface area contributed by atoms with Crippen molar-refractivity contribution in [3.8, 4) is 0 Å². The summed E-state index contributed by atoms with van der Waals surface area (Å²) in [6.45, 7) is 0. The summed E-state index contributed by atoms with van der Waals surface area (Å²) in [6, 6.07) is 0. The van der Waals surface area contributed by atoms with E-state index in [4.69, 9.17) is 0 Å². The molecule has 0 spiro atoms. The zero-order chi connectivity index (χ0) is 3.54. The molecule has 1 aliphatic rings. The Morgan fingerprint density at radius 2 is 1.36 bits per heavy atom. The fourth-order valence-electron chi connectivity index (χ4n) is 0.340. The van der Waals surface area contributed by atoms with Gasteiger partial charge in [0, 0.05) is 0 Å². The molecular formula is C10H20Os. The van der Waals surface area contributed by atoms with Gasteiger partial charge in [0.1, 0.15) is 0 Å². The first-order chi connectivity index (χ1) is 2.50. The van der Waals surface area contributed by atoms with Crippen LogP contribution in [0.3, 0.4) is 0 Å². The van der Waals surface area contributed by atoms with E-state index in [1.807, 2.05) is 12.2 Å². The molecule has 0 aliphatic heterocycles. The summed E-state index contributed by atoms with van der Waals surface area (Å²) in [4.78, 5) is 0. The molecule has 1 rings (SSSR count). The molecule has 1 aliphatic carbocycles. The first-order valence-electron chi connectivity index (χ1n) is 1.72. The first-order valence-corrected chi connectivity index (χ1v) is 1.72. The fourth-order valence-corrected chi connectivity index (χ4v) is 0.340. The maximum Gasteiger partial charge on any atom is 6.00 e. The van der Waals surface area contributed by atoms with Crippen molar-refractivity contribution < 1.29 is 19.8 Å². The quantitative estimate of drug-likeness (QED) is 0.596. The van der Waals surface area contributed by atoms with Crippen molar-refractivity contribution in [1.82, 2.24) is 0 Å². The van der Waals surface area contributed by atoms with E-state index in [0.29, 0.717) is 0 Å². The van der Waals surface area contributed by atoms with Crippen molar-refractivity contribution in [2.45, 2.75) is 6.42 Å². The smallest absolute Gasteiger partial charge is 0.358 e. The van der Waals surface area contributed by atoms with Gasteiger partial charge in [-0.15, -0.1) is 6.42 Å². The third-order valence-corrected chi connectivity index (χ3v) is 0.586. The zero-order valence-electron chi connectivity index (χ0n) is 8.29. The van der Waals surface area contributed by atoms with Crippen LogP contribution in [0, 0.1) is 43.2 Å². The van der Waals surface area contributed by atoms with Crippen molar-refractivity contribution in [2.24, 2.45) is 0 Å². The topological polar surface area (TPSA) is 0 Å². The predicted octanol–water partition coefficient (Wildman–Crippen LogP) is 3.55. The van der Waals surface area contributed by atoms with Gasteiger partial charge in [0.25, 0.3) is 0 Å². The second-order valence-electron chi connectivity index (χ2n) is 1.00. The van der Waals surface area contributed by atoms with Crippen LogP contribution in [0.25, 0.3) is 0 Å². The van der Waals surface area contributed by atoms with Crippen LogP contribution >= 0.6 is 0 Å². The molecule has 0 unspecified atom stereocenters. The maximum absolute atomic E-state index is 2.99. The number of hydrogen-bond acceptors (Lipinski definition) is 0. The molecule has 0 saturated carbocycles. The third kappa shape index (κ3) is 25.5. The molecule has 0 aromatic carbocycles. The molecule has 1 heteroatoms.